The summed E-state index contributed by atoms with van der Waals surface area (Å²) in [5, 5.41) is 2.82. The van der Waals surface area contributed by atoms with Gasteiger partial charge in [0.1, 0.15) is 11.5 Å². The van der Waals surface area contributed by atoms with Crippen LogP contribution in [0.4, 0.5) is 0 Å². The van der Waals surface area contributed by atoms with Gasteiger partial charge in [-0.15, -0.1) is 0 Å². The second kappa shape index (κ2) is 8.08. The molecule has 1 N–H and O–H groups in total. The van der Waals surface area contributed by atoms with E-state index in [9.17, 15) is 4.79 Å². The first-order valence-electron chi connectivity index (χ1n) is 7.33. The SMILES string of the molecule is CCc1ccc(OCC(=O)NCc2ccccc2OC)cc1. The highest BCUT2D eigenvalue weighted by Crippen LogP contribution is 2.16. The molecule has 0 aromatic heterocycles. The van der Waals surface area contributed by atoms with E-state index < -0.39 is 0 Å². The van der Waals surface area contributed by atoms with E-state index in [4.69, 9.17) is 9.47 Å². The van der Waals surface area contributed by atoms with Crippen molar-refractivity contribution in [2.75, 3.05) is 13.7 Å². The number of amides is 1. The number of aryl methyl sites for hydroxylation is 1. The Morgan fingerprint density at radius 2 is 1.82 bits per heavy atom. The van der Waals surface area contributed by atoms with Gasteiger partial charge in [0, 0.05) is 12.1 Å². The van der Waals surface area contributed by atoms with E-state index in [1.54, 1.807) is 7.11 Å². The number of methoxy groups -OCH3 is 1. The first-order valence-corrected chi connectivity index (χ1v) is 7.33. The van der Waals surface area contributed by atoms with Crippen LogP contribution >= 0.6 is 0 Å². The van der Waals surface area contributed by atoms with Crippen LogP contribution in [0.2, 0.25) is 0 Å². The van der Waals surface area contributed by atoms with Crippen molar-refractivity contribution in [1.29, 1.82) is 0 Å². The molecule has 1 amide bonds. The summed E-state index contributed by atoms with van der Waals surface area (Å²) in [4.78, 5) is 11.8. The Balaban J connectivity index is 1.80. The van der Waals surface area contributed by atoms with Gasteiger partial charge in [0.2, 0.25) is 0 Å². The molecule has 4 heteroatoms. The van der Waals surface area contributed by atoms with Gasteiger partial charge in [-0.2, -0.15) is 0 Å². The summed E-state index contributed by atoms with van der Waals surface area (Å²) in [7, 11) is 1.61. The average Bonchev–Trinajstić information content (AvgIpc) is 2.58. The molecule has 0 bridgehead atoms. The van der Waals surface area contributed by atoms with Gasteiger partial charge >= 0.3 is 0 Å². The lowest BCUT2D eigenvalue weighted by molar-refractivity contribution is -0.123. The Morgan fingerprint density at radius 3 is 2.50 bits per heavy atom. The molecule has 22 heavy (non-hydrogen) atoms. The predicted molar refractivity (Wildman–Crippen MR) is 86.2 cm³/mol. The molecule has 116 valence electrons. The van der Waals surface area contributed by atoms with E-state index in [0.717, 1.165) is 17.7 Å². The van der Waals surface area contributed by atoms with Crippen molar-refractivity contribution in [3.63, 3.8) is 0 Å². The van der Waals surface area contributed by atoms with Crippen LogP contribution in [-0.2, 0) is 17.8 Å². The summed E-state index contributed by atoms with van der Waals surface area (Å²) >= 11 is 0. The van der Waals surface area contributed by atoms with Gasteiger partial charge in [-0.05, 0) is 30.2 Å². The molecule has 0 radical (unpaired) electrons. The van der Waals surface area contributed by atoms with Gasteiger partial charge in [0.25, 0.3) is 5.91 Å². The van der Waals surface area contributed by atoms with Gasteiger partial charge in [0.05, 0.1) is 7.11 Å². The fraction of sp³-hybridized carbons (Fsp3) is 0.278. The molecule has 0 spiro atoms. The Hall–Kier alpha value is -2.49. The zero-order valence-corrected chi connectivity index (χ0v) is 13.0. The number of para-hydroxylation sites is 1. The Kier molecular flexibility index (Phi) is 5.83. The Bertz CT molecular complexity index is 608. The van der Waals surface area contributed by atoms with Crippen LogP contribution in [0.15, 0.2) is 48.5 Å². The molecule has 0 atom stereocenters. The zero-order valence-electron chi connectivity index (χ0n) is 13.0. The molecule has 0 aliphatic rings. The first-order chi connectivity index (χ1) is 10.7. The normalized spacial score (nSPS) is 10.1. The van der Waals surface area contributed by atoms with Crippen molar-refractivity contribution < 1.29 is 14.3 Å². The maximum atomic E-state index is 11.8. The second-order valence-corrected chi connectivity index (χ2v) is 4.87. The van der Waals surface area contributed by atoms with E-state index in [1.807, 2.05) is 48.5 Å². The Labute approximate surface area is 131 Å². The third-order valence-corrected chi connectivity index (χ3v) is 3.37. The van der Waals surface area contributed by atoms with Crippen molar-refractivity contribution in [1.82, 2.24) is 5.32 Å². The third-order valence-electron chi connectivity index (χ3n) is 3.37. The molecule has 2 aromatic carbocycles. The van der Waals surface area contributed by atoms with Crippen molar-refractivity contribution in [2.24, 2.45) is 0 Å². The van der Waals surface area contributed by atoms with Crippen molar-refractivity contribution >= 4 is 5.91 Å². The van der Waals surface area contributed by atoms with Crippen molar-refractivity contribution in [3.8, 4) is 11.5 Å². The van der Waals surface area contributed by atoms with Gasteiger partial charge in [-0.1, -0.05) is 37.3 Å². The molecule has 0 heterocycles. The number of carbonyl (C=O) groups excluding carboxylic acids is 1. The third kappa shape index (κ3) is 4.52. The summed E-state index contributed by atoms with van der Waals surface area (Å²) in [6.45, 7) is 2.52. The second-order valence-electron chi connectivity index (χ2n) is 4.87. The summed E-state index contributed by atoms with van der Waals surface area (Å²) in [6.07, 6.45) is 0.986. The molecular weight excluding hydrogens is 278 g/mol. The predicted octanol–water partition coefficient (Wildman–Crippen LogP) is 2.95. The largest absolute Gasteiger partial charge is 0.496 e. The van der Waals surface area contributed by atoms with Crippen LogP contribution in [0.25, 0.3) is 0 Å². The zero-order chi connectivity index (χ0) is 15.8. The molecule has 0 unspecified atom stereocenters. The molecule has 4 nitrogen and oxygen atoms in total. The number of hydrogen-bond acceptors (Lipinski definition) is 3. The minimum absolute atomic E-state index is 0.000616. The number of rotatable bonds is 7. The van der Waals surface area contributed by atoms with E-state index >= 15 is 0 Å². The molecule has 2 rings (SSSR count). The van der Waals surface area contributed by atoms with Crippen LogP contribution in [0.5, 0.6) is 11.5 Å². The molecule has 0 fully saturated rings. The number of benzene rings is 2. The monoisotopic (exact) mass is 299 g/mol. The van der Waals surface area contributed by atoms with Gasteiger partial charge in [0.15, 0.2) is 6.61 Å². The van der Waals surface area contributed by atoms with Crippen LogP contribution < -0.4 is 14.8 Å². The standard InChI is InChI=1S/C18H21NO3/c1-3-14-8-10-16(11-9-14)22-13-18(20)19-12-15-6-4-5-7-17(15)21-2/h4-11H,3,12-13H2,1-2H3,(H,19,20). The van der Waals surface area contributed by atoms with Crippen LogP contribution in [-0.4, -0.2) is 19.6 Å². The van der Waals surface area contributed by atoms with Crippen LogP contribution in [0.1, 0.15) is 18.1 Å². The summed E-state index contributed by atoms with van der Waals surface area (Å²) < 4.78 is 10.7. The highest BCUT2D eigenvalue weighted by atomic mass is 16.5. The van der Waals surface area contributed by atoms with Crippen molar-refractivity contribution in [2.45, 2.75) is 19.9 Å². The quantitative estimate of drug-likeness (QED) is 0.855. The maximum absolute atomic E-state index is 11.8. The van der Waals surface area contributed by atoms with Gasteiger partial charge < -0.3 is 14.8 Å². The number of hydrogen-bond donors (Lipinski definition) is 1. The summed E-state index contributed by atoms with van der Waals surface area (Å²) in [5.41, 5.74) is 2.18. The van der Waals surface area contributed by atoms with E-state index in [1.165, 1.54) is 5.56 Å². The van der Waals surface area contributed by atoms with Crippen LogP contribution in [0, 0.1) is 0 Å². The topological polar surface area (TPSA) is 47.6 Å². The van der Waals surface area contributed by atoms with Gasteiger partial charge in [-0.25, -0.2) is 0 Å². The molecule has 0 saturated heterocycles. The highest BCUT2D eigenvalue weighted by molar-refractivity contribution is 5.77. The van der Waals surface area contributed by atoms with E-state index in [2.05, 4.69) is 12.2 Å². The van der Waals surface area contributed by atoms with E-state index in [0.29, 0.717) is 12.3 Å². The van der Waals surface area contributed by atoms with Gasteiger partial charge in [-0.3, -0.25) is 4.79 Å². The van der Waals surface area contributed by atoms with Crippen molar-refractivity contribution in [3.05, 3.63) is 59.7 Å². The molecule has 0 aliphatic carbocycles. The fourth-order valence-corrected chi connectivity index (χ4v) is 2.06. The lowest BCUT2D eigenvalue weighted by atomic mass is 10.2. The first kappa shape index (κ1) is 15.9. The minimum Gasteiger partial charge on any atom is -0.496 e. The average molecular weight is 299 g/mol. The summed E-state index contributed by atoms with van der Waals surface area (Å²) in [5.74, 6) is 1.30. The number of carbonyl (C=O) groups is 1. The lowest BCUT2D eigenvalue weighted by Gasteiger charge is -2.10. The molecule has 2 aromatic rings. The maximum Gasteiger partial charge on any atom is 0.258 e. The van der Waals surface area contributed by atoms with E-state index in [-0.39, 0.29) is 12.5 Å². The number of ether oxygens (including phenoxy) is 2. The number of nitrogens with one attached hydrogen (secondary N) is 1. The Morgan fingerprint density at radius 1 is 1.09 bits per heavy atom. The highest BCUT2D eigenvalue weighted by Gasteiger charge is 2.06. The summed E-state index contributed by atoms with van der Waals surface area (Å²) in [6, 6.07) is 15.4. The smallest absolute Gasteiger partial charge is 0.258 e. The van der Waals surface area contributed by atoms with Crippen LogP contribution in [0.3, 0.4) is 0 Å². The minimum atomic E-state index is -0.162. The lowest BCUT2D eigenvalue weighted by Crippen LogP contribution is -2.28. The molecule has 0 aliphatic heterocycles. The molecule has 0 saturated carbocycles. The molecular formula is C18H21NO3. The fourth-order valence-electron chi connectivity index (χ4n) is 2.06.